The fraction of sp³-hybridized carbons (Fsp3) is 0.0741. The third-order valence-electron chi connectivity index (χ3n) is 5.05. The van der Waals surface area contributed by atoms with Crippen LogP contribution in [0.2, 0.25) is 0 Å². The Morgan fingerprint density at radius 3 is 2.50 bits per heavy atom. The predicted molar refractivity (Wildman–Crippen MR) is 120 cm³/mol. The first-order valence-corrected chi connectivity index (χ1v) is 9.72. The van der Waals surface area contributed by atoms with Crippen molar-refractivity contribution < 1.29 is 9.18 Å². The molecule has 1 aliphatic rings. The molecule has 30 heavy (non-hydrogen) atoms. The summed E-state index contributed by atoms with van der Waals surface area (Å²) in [5, 5.41) is 2.94. The molecule has 0 aliphatic heterocycles. The molecule has 4 rings (SSSR count). The van der Waals surface area contributed by atoms with E-state index in [0.29, 0.717) is 6.54 Å². The smallest absolute Gasteiger partial charge is 0.224 e. The van der Waals surface area contributed by atoms with Crippen molar-refractivity contribution in [2.24, 2.45) is 0 Å². The summed E-state index contributed by atoms with van der Waals surface area (Å²) in [6, 6.07) is 22.1. The molecular weight excluding hydrogens is 373 g/mol. The van der Waals surface area contributed by atoms with Crippen molar-refractivity contribution in [2.75, 3.05) is 0 Å². The van der Waals surface area contributed by atoms with Gasteiger partial charge in [-0.15, -0.1) is 6.42 Å². The van der Waals surface area contributed by atoms with Crippen LogP contribution in [-0.2, 0) is 11.3 Å². The van der Waals surface area contributed by atoms with Crippen molar-refractivity contribution in [2.45, 2.75) is 13.0 Å². The van der Waals surface area contributed by atoms with Crippen LogP contribution in [0.5, 0.6) is 0 Å². The first-order valence-electron chi connectivity index (χ1n) is 9.72. The zero-order chi connectivity index (χ0) is 20.9. The number of fused-ring (bicyclic) bond motifs is 1. The summed E-state index contributed by atoms with van der Waals surface area (Å²) in [5.41, 5.74) is 6.28. The van der Waals surface area contributed by atoms with Gasteiger partial charge in [0.2, 0.25) is 5.91 Å². The van der Waals surface area contributed by atoms with Crippen LogP contribution in [0.4, 0.5) is 4.39 Å². The second kappa shape index (κ2) is 8.63. The van der Waals surface area contributed by atoms with Gasteiger partial charge in [0, 0.05) is 12.1 Å². The minimum absolute atomic E-state index is 0.0973. The zero-order valence-electron chi connectivity index (χ0n) is 16.4. The van der Waals surface area contributed by atoms with Gasteiger partial charge in [0.1, 0.15) is 5.82 Å². The molecule has 0 unspecified atom stereocenters. The van der Waals surface area contributed by atoms with Crippen molar-refractivity contribution >= 4 is 23.1 Å². The van der Waals surface area contributed by atoms with E-state index in [2.05, 4.69) is 11.2 Å². The summed E-state index contributed by atoms with van der Waals surface area (Å²) in [4.78, 5) is 12.5. The molecule has 1 N–H and O–H groups in total. The summed E-state index contributed by atoms with van der Waals surface area (Å²) in [6.45, 7) is 0.465. The van der Waals surface area contributed by atoms with Crippen LogP contribution < -0.4 is 5.32 Å². The number of hydrogen-bond donors (Lipinski definition) is 1. The quantitative estimate of drug-likeness (QED) is 0.574. The van der Waals surface area contributed by atoms with Gasteiger partial charge in [-0.1, -0.05) is 54.5 Å². The summed E-state index contributed by atoms with van der Waals surface area (Å²) in [6.07, 6.45) is 9.59. The molecule has 146 valence electrons. The molecule has 3 heteroatoms. The van der Waals surface area contributed by atoms with Crippen molar-refractivity contribution in [1.29, 1.82) is 0 Å². The van der Waals surface area contributed by atoms with Crippen molar-refractivity contribution in [3.8, 4) is 12.3 Å². The van der Waals surface area contributed by atoms with E-state index in [0.717, 1.165) is 39.0 Å². The Labute approximate surface area is 175 Å². The molecule has 0 saturated carbocycles. The summed E-state index contributed by atoms with van der Waals surface area (Å²) >= 11 is 0. The summed E-state index contributed by atoms with van der Waals surface area (Å²) in [5.74, 6) is 2.19. The number of carbonyl (C=O) groups is 1. The number of carbonyl (C=O) groups excluding carboxylic acids is 1. The second-order valence-electron chi connectivity index (χ2n) is 7.16. The van der Waals surface area contributed by atoms with E-state index in [-0.39, 0.29) is 18.1 Å². The molecule has 2 nitrogen and oxygen atoms in total. The number of hydrogen-bond acceptors (Lipinski definition) is 1. The second-order valence-corrected chi connectivity index (χ2v) is 7.16. The lowest BCUT2D eigenvalue weighted by Crippen LogP contribution is -2.22. The summed E-state index contributed by atoms with van der Waals surface area (Å²) < 4.78 is 13.9. The zero-order valence-corrected chi connectivity index (χ0v) is 16.4. The maximum atomic E-state index is 13.9. The van der Waals surface area contributed by atoms with E-state index in [1.54, 1.807) is 6.07 Å². The molecule has 0 fully saturated rings. The van der Waals surface area contributed by atoms with Crippen LogP contribution in [0.25, 0.3) is 17.2 Å². The molecule has 0 bridgehead atoms. The minimum Gasteiger partial charge on any atom is -0.352 e. The lowest BCUT2D eigenvalue weighted by atomic mass is 10.0. The largest absolute Gasteiger partial charge is 0.352 e. The van der Waals surface area contributed by atoms with E-state index in [1.165, 1.54) is 12.1 Å². The van der Waals surface area contributed by atoms with E-state index >= 15 is 0 Å². The normalized spacial score (nSPS) is 13.5. The number of benzene rings is 3. The molecule has 0 heterocycles. The highest BCUT2D eigenvalue weighted by Crippen LogP contribution is 2.38. The summed E-state index contributed by atoms with van der Waals surface area (Å²) in [7, 11) is 0. The van der Waals surface area contributed by atoms with Crippen LogP contribution in [0, 0.1) is 18.2 Å². The highest BCUT2D eigenvalue weighted by molar-refractivity contribution is 6.05. The van der Waals surface area contributed by atoms with E-state index in [9.17, 15) is 9.18 Å². The SMILES string of the molecule is C#Cc1ccc(/C=C2\C=C(CC(=O)NCc3ccccc3)c3cc(F)ccc32)cc1. The highest BCUT2D eigenvalue weighted by Gasteiger charge is 2.21. The lowest BCUT2D eigenvalue weighted by molar-refractivity contribution is -0.120. The number of halogens is 1. The van der Waals surface area contributed by atoms with Gasteiger partial charge >= 0.3 is 0 Å². The molecule has 3 aromatic rings. The Morgan fingerprint density at radius 1 is 1.00 bits per heavy atom. The monoisotopic (exact) mass is 393 g/mol. The van der Waals surface area contributed by atoms with Gasteiger partial charge in [-0.05, 0) is 69.8 Å². The molecule has 1 amide bonds. The van der Waals surface area contributed by atoms with Crippen LogP contribution in [0.1, 0.15) is 34.2 Å². The number of allylic oxidation sites excluding steroid dienone is 2. The molecule has 0 spiro atoms. The topological polar surface area (TPSA) is 29.1 Å². The Balaban J connectivity index is 1.56. The Kier molecular flexibility index (Phi) is 5.59. The third kappa shape index (κ3) is 4.39. The fourth-order valence-corrected chi connectivity index (χ4v) is 3.53. The first kappa shape index (κ1) is 19.4. The molecule has 0 aromatic heterocycles. The third-order valence-corrected chi connectivity index (χ3v) is 5.05. The van der Waals surface area contributed by atoms with Gasteiger partial charge in [-0.2, -0.15) is 0 Å². The fourth-order valence-electron chi connectivity index (χ4n) is 3.53. The minimum atomic E-state index is -0.316. The number of amides is 1. The van der Waals surface area contributed by atoms with Crippen LogP contribution >= 0.6 is 0 Å². The number of nitrogens with one attached hydrogen (secondary N) is 1. The lowest BCUT2D eigenvalue weighted by Gasteiger charge is -2.08. The van der Waals surface area contributed by atoms with E-state index in [4.69, 9.17) is 6.42 Å². The Hall–Kier alpha value is -3.90. The molecule has 0 saturated heterocycles. The van der Waals surface area contributed by atoms with Gasteiger partial charge in [0.15, 0.2) is 0 Å². The average Bonchev–Trinajstić information content (AvgIpc) is 3.09. The first-order chi connectivity index (χ1) is 14.6. The van der Waals surface area contributed by atoms with Gasteiger partial charge in [-0.3, -0.25) is 4.79 Å². The van der Waals surface area contributed by atoms with Crippen molar-refractivity contribution in [3.05, 3.63) is 113 Å². The van der Waals surface area contributed by atoms with Crippen LogP contribution in [-0.4, -0.2) is 5.91 Å². The van der Waals surface area contributed by atoms with Gasteiger partial charge in [-0.25, -0.2) is 4.39 Å². The van der Waals surface area contributed by atoms with E-state index < -0.39 is 0 Å². The van der Waals surface area contributed by atoms with Crippen LogP contribution in [0.3, 0.4) is 0 Å². The van der Waals surface area contributed by atoms with Crippen LogP contribution in [0.15, 0.2) is 78.9 Å². The molecular formula is C27H20FNO. The maximum Gasteiger partial charge on any atom is 0.224 e. The standard InChI is InChI=1S/C27H20FNO/c1-2-19-8-10-20(11-9-19)14-22-15-23(26-17-24(28)12-13-25(22)26)16-27(30)29-18-21-6-4-3-5-7-21/h1,3-15,17H,16,18H2,(H,29,30)/b22-14+. The van der Waals surface area contributed by atoms with Gasteiger partial charge < -0.3 is 5.32 Å². The average molecular weight is 393 g/mol. The molecule has 3 aromatic carbocycles. The molecule has 1 aliphatic carbocycles. The van der Waals surface area contributed by atoms with Gasteiger partial charge in [0.05, 0.1) is 6.42 Å². The predicted octanol–water partition coefficient (Wildman–Crippen LogP) is 5.45. The Morgan fingerprint density at radius 2 is 1.77 bits per heavy atom. The Bertz CT molecular complexity index is 1180. The van der Waals surface area contributed by atoms with Crippen molar-refractivity contribution in [1.82, 2.24) is 5.32 Å². The maximum absolute atomic E-state index is 13.9. The molecule has 0 atom stereocenters. The molecule has 0 radical (unpaired) electrons. The van der Waals surface area contributed by atoms with E-state index in [1.807, 2.05) is 66.7 Å². The van der Waals surface area contributed by atoms with Crippen molar-refractivity contribution in [3.63, 3.8) is 0 Å². The number of terminal acetylenes is 1. The van der Waals surface area contributed by atoms with Gasteiger partial charge in [0.25, 0.3) is 0 Å². The highest BCUT2D eigenvalue weighted by atomic mass is 19.1. The number of rotatable bonds is 5.